The molecular weight excluding hydrogens is 595 g/mol. The molecule has 3 amide bonds. The van der Waals surface area contributed by atoms with Crippen LogP contribution in [-0.4, -0.2) is 58.9 Å². The molecule has 3 aromatic carbocycles. The summed E-state index contributed by atoms with van der Waals surface area (Å²) in [5.41, 5.74) is 2.06. The molecule has 4 aromatic rings. The van der Waals surface area contributed by atoms with Gasteiger partial charge in [-0.3, -0.25) is 19.2 Å². The van der Waals surface area contributed by atoms with Crippen molar-refractivity contribution in [1.29, 1.82) is 0 Å². The van der Waals surface area contributed by atoms with Crippen molar-refractivity contribution in [3.8, 4) is 0 Å². The summed E-state index contributed by atoms with van der Waals surface area (Å²) in [6, 6.07) is 21.7. The van der Waals surface area contributed by atoms with Crippen molar-refractivity contribution in [1.82, 2.24) is 10.2 Å². The molecule has 11 heteroatoms. The lowest BCUT2D eigenvalue weighted by atomic mass is 10.0. The Morgan fingerprint density at radius 2 is 1.58 bits per heavy atom. The third-order valence-corrected chi connectivity index (χ3v) is 8.75. The first-order valence-corrected chi connectivity index (χ1v) is 15.4. The van der Waals surface area contributed by atoms with Gasteiger partial charge >= 0.3 is 5.97 Å². The van der Waals surface area contributed by atoms with E-state index >= 15 is 0 Å². The zero-order chi connectivity index (χ0) is 32.1. The number of rotatable bonds is 9. The topological polar surface area (TPSA) is 119 Å². The molecule has 0 spiro atoms. The molecule has 232 valence electrons. The molecule has 3 N–H and O–H groups in total. The van der Waals surface area contributed by atoms with Gasteiger partial charge in [0, 0.05) is 46.7 Å². The van der Waals surface area contributed by atoms with Gasteiger partial charge in [0.1, 0.15) is 5.82 Å². The van der Waals surface area contributed by atoms with E-state index in [1.807, 2.05) is 42.3 Å². The summed E-state index contributed by atoms with van der Waals surface area (Å²) in [4.78, 5) is 56.1. The molecule has 1 saturated heterocycles. The zero-order valence-electron chi connectivity index (χ0n) is 24.8. The van der Waals surface area contributed by atoms with E-state index < -0.39 is 29.6 Å². The summed E-state index contributed by atoms with van der Waals surface area (Å²) in [6.45, 7) is 4.84. The highest BCUT2D eigenvalue weighted by molar-refractivity contribution is 7.10. The minimum atomic E-state index is -1.05. The van der Waals surface area contributed by atoms with Crippen molar-refractivity contribution < 1.29 is 28.7 Å². The third-order valence-electron chi connectivity index (χ3n) is 7.76. The lowest BCUT2D eigenvalue weighted by Gasteiger charge is -2.45. The van der Waals surface area contributed by atoms with Crippen LogP contribution in [0.2, 0.25) is 0 Å². The molecule has 0 saturated carbocycles. The highest BCUT2D eigenvalue weighted by atomic mass is 32.1. The van der Waals surface area contributed by atoms with E-state index in [0.29, 0.717) is 34.9 Å². The minimum Gasteiger partial charge on any atom is -0.481 e. The molecule has 1 aliphatic rings. The predicted octanol–water partition coefficient (Wildman–Crippen LogP) is 5.82. The molecule has 1 aromatic heterocycles. The Kier molecular flexibility index (Phi) is 9.58. The lowest BCUT2D eigenvalue weighted by molar-refractivity contribution is -0.137. The van der Waals surface area contributed by atoms with Crippen LogP contribution in [0.4, 0.5) is 15.8 Å². The monoisotopic (exact) mass is 628 g/mol. The molecule has 0 bridgehead atoms. The number of nitrogens with one attached hydrogen (secondary N) is 2. The van der Waals surface area contributed by atoms with E-state index in [1.165, 1.54) is 35.6 Å². The minimum absolute atomic E-state index is 0.0619. The van der Waals surface area contributed by atoms with Gasteiger partial charge in [-0.2, -0.15) is 0 Å². The number of halogens is 1. The highest BCUT2D eigenvalue weighted by Crippen LogP contribution is 2.33. The fraction of sp³-hybridized carbons (Fsp3) is 0.235. The van der Waals surface area contributed by atoms with E-state index in [2.05, 4.69) is 15.5 Å². The van der Waals surface area contributed by atoms with Gasteiger partial charge in [0.2, 0.25) is 0 Å². The summed E-state index contributed by atoms with van der Waals surface area (Å²) in [5, 5.41) is 16.9. The first kappa shape index (κ1) is 31.4. The Hall–Kier alpha value is -5.03. The number of piperazine rings is 1. The van der Waals surface area contributed by atoms with Gasteiger partial charge in [0.05, 0.1) is 23.8 Å². The number of hydrogen-bond acceptors (Lipinski definition) is 6. The molecule has 2 heterocycles. The fourth-order valence-corrected chi connectivity index (χ4v) is 6.22. The summed E-state index contributed by atoms with van der Waals surface area (Å²) in [7, 11) is 0. The number of carboxylic acids is 1. The van der Waals surface area contributed by atoms with E-state index in [1.54, 1.807) is 42.5 Å². The first-order chi connectivity index (χ1) is 21.6. The molecular formula is C34H33FN4O5S. The number of hydrogen-bond donors (Lipinski definition) is 3. The van der Waals surface area contributed by atoms with Crippen LogP contribution in [0.25, 0.3) is 0 Å². The van der Waals surface area contributed by atoms with Gasteiger partial charge in [-0.15, -0.1) is 11.3 Å². The molecule has 0 aliphatic carbocycles. The molecule has 9 nitrogen and oxygen atoms in total. The van der Waals surface area contributed by atoms with Gasteiger partial charge in [-0.05, 0) is 79.9 Å². The number of benzene rings is 3. The number of carbonyl (C=O) groups excluding carboxylic acids is 3. The van der Waals surface area contributed by atoms with Crippen molar-refractivity contribution in [3.05, 3.63) is 118 Å². The van der Waals surface area contributed by atoms with Crippen molar-refractivity contribution in [2.24, 2.45) is 0 Å². The smallest absolute Gasteiger partial charge is 0.305 e. The van der Waals surface area contributed by atoms with Crippen LogP contribution in [0.15, 0.2) is 90.3 Å². The molecule has 3 unspecified atom stereocenters. The van der Waals surface area contributed by atoms with Crippen LogP contribution in [0, 0.1) is 5.82 Å². The van der Waals surface area contributed by atoms with Crippen molar-refractivity contribution in [3.63, 3.8) is 0 Å². The van der Waals surface area contributed by atoms with Crippen LogP contribution < -0.4 is 15.5 Å². The number of anilines is 2. The summed E-state index contributed by atoms with van der Waals surface area (Å²) >= 11 is 1.35. The second kappa shape index (κ2) is 13.7. The Balaban J connectivity index is 1.44. The maximum absolute atomic E-state index is 13.5. The zero-order valence-corrected chi connectivity index (χ0v) is 25.6. The van der Waals surface area contributed by atoms with Gasteiger partial charge in [0.15, 0.2) is 0 Å². The summed E-state index contributed by atoms with van der Waals surface area (Å²) < 4.78 is 13.5. The largest absolute Gasteiger partial charge is 0.481 e. The average molecular weight is 629 g/mol. The van der Waals surface area contributed by atoms with Gasteiger partial charge in [-0.1, -0.05) is 24.3 Å². The maximum Gasteiger partial charge on any atom is 0.305 e. The second-order valence-electron chi connectivity index (χ2n) is 11.0. The fourth-order valence-electron chi connectivity index (χ4n) is 5.44. The number of carbonyl (C=O) groups is 4. The Labute approximate surface area is 264 Å². The summed E-state index contributed by atoms with van der Waals surface area (Å²) in [5.74, 6) is -2.58. The predicted molar refractivity (Wildman–Crippen MR) is 171 cm³/mol. The van der Waals surface area contributed by atoms with Crippen molar-refractivity contribution in [2.75, 3.05) is 23.3 Å². The molecule has 0 radical (unpaired) electrons. The van der Waals surface area contributed by atoms with E-state index in [0.717, 1.165) is 0 Å². The number of nitrogens with zero attached hydrogens (tertiary/aromatic N) is 2. The molecule has 5 rings (SSSR count). The van der Waals surface area contributed by atoms with Crippen LogP contribution in [0.5, 0.6) is 0 Å². The van der Waals surface area contributed by atoms with Gasteiger partial charge < -0.3 is 25.5 Å². The van der Waals surface area contributed by atoms with Crippen molar-refractivity contribution >= 4 is 46.4 Å². The number of carboxylic acid groups (broad SMARTS) is 1. The van der Waals surface area contributed by atoms with E-state index in [4.69, 9.17) is 0 Å². The van der Waals surface area contributed by atoms with Crippen LogP contribution in [-0.2, 0) is 4.79 Å². The maximum atomic E-state index is 13.5. The van der Waals surface area contributed by atoms with Crippen LogP contribution >= 0.6 is 11.3 Å². The Bertz CT molecular complexity index is 1680. The SMILES string of the molecule is CC1CN(c2ccc(C(=O)NC(CC(=O)O)c3cccs3)cc2NC(=O)c2ccc(F)cc2)C(C)CN1C(=O)c1ccccc1. The molecule has 3 atom stereocenters. The van der Waals surface area contributed by atoms with Gasteiger partial charge in [-0.25, -0.2) is 4.39 Å². The van der Waals surface area contributed by atoms with Gasteiger partial charge in [0.25, 0.3) is 17.7 Å². The quantitative estimate of drug-likeness (QED) is 0.215. The molecule has 45 heavy (non-hydrogen) atoms. The number of aliphatic carboxylic acids is 1. The number of thiophene rings is 1. The van der Waals surface area contributed by atoms with Crippen LogP contribution in [0.1, 0.15) is 62.3 Å². The van der Waals surface area contributed by atoms with E-state index in [9.17, 15) is 28.7 Å². The first-order valence-electron chi connectivity index (χ1n) is 14.5. The molecule has 1 fully saturated rings. The third kappa shape index (κ3) is 7.38. The Morgan fingerprint density at radius 1 is 0.867 bits per heavy atom. The van der Waals surface area contributed by atoms with Crippen molar-refractivity contribution in [2.45, 2.75) is 38.4 Å². The average Bonchev–Trinajstić information content (AvgIpc) is 3.57. The standard InChI is InChI=1S/C34H33FN4O5S/c1-21-20-39(34(44)24-7-4-3-5-8-24)22(2)19-38(21)29-15-12-25(17-27(29)36-32(42)23-10-13-26(35)14-11-23)33(43)37-28(18-31(40)41)30-9-6-16-45-30/h3-17,21-22,28H,18-20H2,1-2H3,(H,36,42)(H,37,43)(H,40,41). The number of amides is 3. The molecule has 1 aliphatic heterocycles. The van der Waals surface area contributed by atoms with E-state index in [-0.39, 0.29) is 35.5 Å². The second-order valence-corrected chi connectivity index (χ2v) is 12.0. The highest BCUT2D eigenvalue weighted by Gasteiger charge is 2.34. The summed E-state index contributed by atoms with van der Waals surface area (Å²) in [6.07, 6.45) is -0.292. The Morgan fingerprint density at radius 3 is 2.24 bits per heavy atom. The lowest BCUT2D eigenvalue weighted by Crippen LogP contribution is -2.58. The van der Waals surface area contributed by atoms with Crippen LogP contribution in [0.3, 0.4) is 0 Å². The normalized spacial score (nSPS) is 17.0.